The summed E-state index contributed by atoms with van der Waals surface area (Å²) in [4.78, 5) is 3.80. The molecule has 1 heterocycles. The third-order valence-corrected chi connectivity index (χ3v) is 4.10. The molecule has 0 unspecified atom stereocenters. The van der Waals surface area contributed by atoms with Crippen LogP contribution in [0.3, 0.4) is 0 Å². The average Bonchev–Trinajstić information content (AvgIpc) is 2.20. The van der Waals surface area contributed by atoms with E-state index < -0.39 is 10.2 Å². The molecule has 0 aromatic carbocycles. The van der Waals surface area contributed by atoms with Crippen molar-refractivity contribution >= 4 is 27.5 Å². The average molecular weight is 264 g/mol. The predicted octanol–water partition coefficient (Wildman–Crippen LogP) is 1.73. The highest BCUT2D eigenvalue weighted by Gasteiger charge is 2.21. The molecule has 0 saturated heterocycles. The zero-order valence-electron chi connectivity index (χ0n) is 9.31. The minimum Gasteiger partial charge on any atom is -0.268 e. The fourth-order valence-electron chi connectivity index (χ4n) is 0.941. The first-order chi connectivity index (χ1) is 7.34. The molecule has 0 aliphatic carbocycles. The van der Waals surface area contributed by atoms with Crippen LogP contribution >= 0.6 is 11.6 Å². The van der Waals surface area contributed by atoms with Crippen LogP contribution in [0.4, 0.5) is 5.69 Å². The third-order valence-electron chi connectivity index (χ3n) is 2.11. The van der Waals surface area contributed by atoms with Crippen LogP contribution in [0.25, 0.3) is 0 Å². The molecule has 16 heavy (non-hydrogen) atoms. The summed E-state index contributed by atoms with van der Waals surface area (Å²) >= 11 is 5.83. The number of hydrogen-bond donors (Lipinski definition) is 1. The van der Waals surface area contributed by atoms with E-state index in [9.17, 15) is 8.42 Å². The number of pyridine rings is 1. The van der Waals surface area contributed by atoms with Crippen molar-refractivity contribution in [2.24, 2.45) is 0 Å². The summed E-state index contributed by atoms with van der Waals surface area (Å²) in [6.07, 6.45) is 2.86. The lowest BCUT2D eigenvalue weighted by Crippen LogP contribution is -2.37. The van der Waals surface area contributed by atoms with Crippen LogP contribution in [-0.4, -0.2) is 30.8 Å². The molecule has 5 nitrogen and oxygen atoms in total. The Morgan fingerprint density at radius 1 is 1.50 bits per heavy atom. The van der Waals surface area contributed by atoms with E-state index in [-0.39, 0.29) is 11.7 Å². The predicted molar refractivity (Wildman–Crippen MR) is 64.7 cm³/mol. The fourth-order valence-corrected chi connectivity index (χ4v) is 2.29. The van der Waals surface area contributed by atoms with Gasteiger partial charge >= 0.3 is 10.2 Å². The van der Waals surface area contributed by atoms with Crippen LogP contribution in [-0.2, 0) is 10.2 Å². The number of halogens is 1. The lowest BCUT2D eigenvalue weighted by molar-refractivity contribution is 0.414. The summed E-state index contributed by atoms with van der Waals surface area (Å²) in [7, 11) is -2.08. The lowest BCUT2D eigenvalue weighted by atomic mass is 10.4. The van der Waals surface area contributed by atoms with Crippen LogP contribution in [0.5, 0.6) is 0 Å². The molecule has 0 fully saturated rings. The first kappa shape index (κ1) is 13.2. The van der Waals surface area contributed by atoms with Gasteiger partial charge in [-0.25, -0.2) is 0 Å². The van der Waals surface area contributed by atoms with E-state index >= 15 is 0 Å². The van der Waals surface area contributed by atoms with Gasteiger partial charge in [-0.1, -0.05) is 11.6 Å². The van der Waals surface area contributed by atoms with Crippen molar-refractivity contribution in [2.75, 3.05) is 11.8 Å². The maximum atomic E-state index is 11.8. The van der Waals surface area contributed by atoms with Gasteiger partial charge in [0.2, 0.25) is 0 Å². The fraction of sp³-hybridized carbons (Fsp3) is 0.444. The summed E-state index contributed by atoms with van der Waals surface area (Å²) in [6.45, 7) is 3.56. The van der Waals surface area contributed by atoms with E-state index in [4.69, 9.17) is 11.6 Å². The number of nitrogens with one attached hydrogen (secondary N) is 1. The summed E-state index contributed by atoms with van der Waals surface area (Å²) in [5.41, 5.74) is 0.275. The number of aromatic nitrogens is 1. The summed E-state index contributed by atoms with van der Waals surface area (Å²) in [6, 6.07) is 1.39. The first-order valence-electron chi connectivity index (χ1n) is 4.70. The van der Waals surface area contributed by atoms with Gasteiger partial charge in [-0.05, 0) is 19.9 Å². The lowest BCUT2D eigenvalue weighted by Gasteiger charge is -2.21. The second-order valence-corrected chi connectivity index (χ2v) is 5.71. The monoisotopic (exact) mass is 263 g/mol. The number of nitrogens with zero attached hydrogens (tertiary/aromatic N) is 2. The van der Waals surface area contributed by atoms with Gasteiger partial charge in [-0.2, -0.15) is 12.7 Å². The van der Waals surface area contributed by atoms with Crippen molar-refractivity contribution in [1.82, 2.24) is 9.29 Å². The molecule has 0 spiro atoms. The Labute approximate surface area is 101 Å². The van der Waals surface area contributed by atoms with E-state index in [2.05, 4.69) is 9.71 Å². The van der Waals surface area contributed by atoms with E-state index in [1.54, 1.807) is 13.8 Å². The van der Waals surface area contributed by atoms with Crippen molar-refractivity contribution in [3.63, 3.8) is 0 Å². The van der Waals surface area contributed by atoms with Gasteiger partial charge in [0.1, 0.15) is 0 Å². The van der Waals surface area contributed by atoms with Crippen LogP contribution in [0.1, 0.15) is 13.8 Å². The van der Waals surface area contributed by atoms with Gasteiger partial charge in [-0.15, -0.1) is 0 Å². The quantitative estimate of drug-likeness (QED) is 0.900. The zero-order valence-corrected chi connectivity index (χ0v) is 10.9. The maximum absolute atomic E-state index is 11.8. The van der Waals surface area contributed by atoms with Gasteiger partial charge in [-0.3, -0.25) is 9.71 Å². The largest absolute Gasteiger partial charge is 0.301 e. The normalized spacial score (nSPS) is 12.1. The standard InChI is InChI=1S/C9H14ClN3O2S/c1-7(2)13(3)16(14,15)12-9-6-11-5-4-8(9)10/h4-7,12H,1-3H3. The summed E-state index contributed by atoms with van der Waals surface area (Å²) in [5, 5.41) is 0.315. The van der Waals surface area contributed by atoms with E-state index in [0.717, 1.165) is 0 Å². The molecule has 1 rings (SSSR count). The maximum Gasteiger partial charge on any atom is 0.301 e. The van der Waals surface area contributed by atoms with Crippen molar-refractivity contribution in [1.29, 1.82) is 0 Å². The Balaban J connectivity index is 2.94. The zero-order chi connectivity index (χ0) is 12.3. The van der Waals surface area contributed by atoms with Crippen LogP contribution in [0.2, 0.25) is 5.02 Å². The van der Waals surface area contributed by atoms with Crippen molar-refractivity contribution < 1.29 is 8.42 Å². The summed E-state index contributed by atoms with van der Waals surface area (Å²) in [5.74, 6) is 0. The molecule has 90 valence electrons. The van der Waals surface area contributed by atoms with Gasteiger partial charge in [0.25, 0.3) is 0 Å². The third kappa shape index (κ3) is 3.07. The Kier molecular flexibility index (Phi) is 4.12. The topological polar surface area (TPSA) is 62.3 Å². The Bertz CT molecular complexity index is 462. The molecule has 0 atom stereocenters. The Morgan fingerprint density at radius 2 is 2.12 bits per heavy atom. The van der Waals surface area contributed by atoms with Crippen LogP contribution < -0.4 is 4.72 Å². The minimum atomic E-state index is -3.58. The van der Waals surface area contributed by atoms with Crippen LogP contribution in [0.15, 0.2) is 18.5 Å². The molecular weight excluding hydrogens is 250 g/mol. The summed E-state index contributed by atoms with van der Waals surface area (Å²) < 4.78 is 27.2. The van der Waals surface area contributed by atoms with Crippen molar-refractivity contribution in [3.8, 4) is 0 Å². The van der Waals surface area contributed by atoms with E-state index in [0.29, 0.717) is 5.02 Å². The smallest absolute Gasteiger partial charge is 0.268 e. The van der Waals surface area contributed by atoms with E-state index in [1.807, 2.05) is 0 Å². The van der Waals surface area contributed by atoms with Crippen LogP contribution in [0, 0.1) is 0 Å². The molecule has 0 saturated carbocycles. The highest BCUT2D eigenvalue weighted by atomic mass is 35.5. The molecule has 1 aromatic rings. The molecule has 0 bridgehead atoms. The van der Waals surface area contributed by atoms with Gasteiger partial charge in [0.15, 0.2) is 0 Å². The van der Waals surface area contributed by atoms with Crippen molar-refractivity contribution in [2.45, 2.75) is 19.9 Å². The number of hydrogen-bond acceptors (Lipinski definition) is 3. The second kappa shape index (κ2) is 4.99. The van der Waals surface area contributed by atoms with Gasteiger partial charge < -0.3 is 0 Å². The number of anilines is 1. The first-order valence-corrected chi connectivity index (χ1v) is 6.51. The van der Waals surface area contributed by atoms with E-state index in [1.165, 1.54) is 29.8 Å². The molecule has 0 aliphatic heterocycles. The van der Waals surface area contributed by atoms with Gasteiger partial charge in [0.05, 0.1) is 16.9 Å². The Morgan fingerprint density at radius 3 is 2.62 bits per heavy atom. The molecule has 0 aliphatic rings. The minimum absolute atomic E-state index is 0.132. The number of rotatable bonds is 4. The molecule has 7 heteroatoms. The molecule has 1 aromatic heterocycles. The van der Waals surface area contributed by atoms with Crippen molar-refractivity contribution in [3.05, 3.63) is 23.5 Å². The highest BCUT2D eigenvalue weighted by Crippen LogP contribution is 2.21. The van der Waals surface area contributed by atoms with Gasteiger partial charge in [0, 0.05) is 19.3 Å². The molecular formula is C9H14ClN3O2S. The SMILES string of the molecule is CC(C)N(C)S(=O)(=O)Nc1cnccc1Cl. The Hall–Kier alpha value is -0.850. The second-order valence-electron chi connectivity index (χ2n) is 3.57. The molecule has 0 amide bonds. The molecule has 0 radical (unpaired) electrons. The highest BCUT2D eigenvalue weighted by molar-refractivity contribution is 7.90. The molecule has 1 N–H and O–H groups in total.